The van der Waals surface area contributed by atoms with Crippen LogP contribution < -0.4 is 5.32 Å². The van der Waals surface area contributed by atoms with Crippen molar-refractivity contribution in [1.82, 2.24) is 5.32 Å². The predicted molar refractivity (Wildman–Crippen MR) is 304 cm³/mol. The summed E-state index contributed by atoms with van der Waals surface area (Å²) in [6, 6.07) is 0. The maximum Gasteiger partial charge on any atom is 0.472 e. The number of nitrogens with one attached hydrogen (secondary N) is 1. The second-order valence-electron chi connectivity index (χ2n) is 16.7. The molecule has 0 aromatic carbocycles. The number of unbranched alkanes of at least 4 members (excludes halogenated alkanes) is 3. The lowest BCUT2D eigenvalue weighted by Crippen LogP contribution is -2.24. The largest absolute Gasteiger partial charge is 0.472 e. The van der Waals surface area contributed by atoms with Gasteiger partial charge in [-0.05, 0) is 19.1 Å². The average Bonchev–Trinajstić information content (AvgIpc) is 3.49. The highest BCUT2D eigenvalue weighted by molar-refractivity contribution is 7.98. The normalized spacial score (nSPS) is 14.8. The molecule has 0 aromatic rings. The molecule has 0 aliphatic rings. The molecule has 4 atom stereocenters. The van der Waals surface area contributed by atoms with Crippen LogP contribution in [0.2, 0.25) is 0 Å². The molecule has 5 N–H and O–H groups in total. The third kappa shape index (κ3) is 69.2. The van der Waals surface area contributed by atoms with Crippen LogP contribution in [0.15, 0.2) is 0 Å². The van der Waals surface area contributed by atoms with Crippen LogP contribution in [-0.2, 0) is 126 Å². The van der Waals surface area contributed by atoms with Crippen molar-refractivity contribution in [3.63, 3.8) is 0 Å². The Kier molecular flexibility index (Phi) is 61.3. The van der Waals surface area contributed by atoms with Crippen LogP contribution in [0.5, 0.6) is 0 Å². The molecule has 32 nitrogen and oxygen atoms in total. The SMILES string of the molecule is CSCCC(=O)NCCCCCCOP(=O)(O)OCCOCCOCCOCCOCCOCCOP(=O)(O)OCCOCCOCCOCCOCCOCCOP(=O)(O)OCCOCCOCCOCCOCCOCCOP(C)(=O)O. The summed E-state index contributed by atoms with van der Waals surface area (Å²) in [6.45, 7) is 9.04. The highest BCUT2D eigenvalue weighted by atomic mass is 32.2. The Morgan fingerprint density at radius 3 is 0.738 bits per heavy atom. The average molecular weight is 1330 g/mol. The van der Waals surface area contributed by atoms with E-state index in [2.05, 4.69) is 9.84 Å². The number of phosphoric ester groups is 3. The lowest BCUT2D eigenvalue weighted by atomic mass is 10.2. The standard InChI is InChI=1S/C47H99NO31P4S/c1-80(50,51)73-40-34-67-28-22-61-16-10-58-11-18-63-24-30-69-36-42-76-82(54,55)77-44-38-71-32-26-65-20-14-60-15-21-66-27-33-72-39-45-79-83(56,57)78-43-37-70-31-25-64-19-13-59-12-17-62-23-29-68-35-41-75-81(52,53)74-9-6-4-3-5-8-48-47(49)7-46-84-2/h3-46H2,1-2H3,(H,48,49)(H,50,51)(H,52,53)(H,54,55)(H,56,57). The Balaban J connectivity index is 3.38. The Morgan fingerprint density at radius 2 is 0.512 bits per heavy atom. The summed E-state index contributed by atoms with van der Waals surface area (Å²) in [5.74, 6) is 0.854. The van der Waals surface area contributed by atoms with Gasteiger partial charge < -0.3 is 100 Å². The van der Waals surface area contributed by atoms with E-state index in [-0.39, 0.29) is 145 Å². The second-order valence-corrected chi connectivity index (χ2v) is 23.9. The first-order valence-corrected chi connectivity index (χ1v) is 35.7. The number of hydrogen-bond donors (Lipinski definition) is 5. The van der Waals surface area contributed by atoms with Gasteiger partial charge in [0.1, 0.15) is 0 Å². The monoisotopic (exact) mass is 1330 g/mol. The van der Waals surface area contributed by atoms with Crippen molar-refractivity contribution in [2.45, 2.75) is 32.1 Å². The first-order valence-electron chi connectivity index (χ1n) is 27.8. The van der Waals surface area contributed by atoms with Gasteiger partial charge in [0.15, 0.2) is 0 Å². The fraction of sp³-hybridized carbons (Fsp3) is 0.979. The van der Waals surface area contributed by atoms with Crippen molar-refractivity contribution in [3.8, 4) is 0 Å². The molecule has 0 heterocycles. The molecule has 0 aliphatic carbocycles. The van der Waals surface area contributed by atoms with Crippen LogP contribution in [0.3, 0.4) is 0 Å². The van der Waals surface area contributed by atoms with Crippen molar-refractivity contribution in [2.75, 3.05) is 270 Å². The molecular weight excluding hydrogens is 1230 g/mol. The summed E-state index contributed by atoms with van der Waals surface area (Å²) in [4.78, 5) is 49.9. The van der Waals surface area contributed by atoms with E-state index in [1.54, 1.807) is 11.8 Å². The molecule has 4 unspecified atom stereocenters. The lowest BCUT2D eigenvalue weighted by molar-refractivity contribution is -0.120. The zero-order chi connectivity index (χ0) is 61.7. The summed E-state index contributed by atoms with van der Waals surface area (Å²) in [7, 11) is -16.2. The molecule has 0 bridgehead atoms. The van der Waals surface area contributed by atoms with E-state index in [1.807, 2.05) is 6.26 Å². The van der Waals surface area contributed by atoms with Gasteiger partial charge in [-0.1, -0.05) is 12.8 Å². The highest BCUT2D eigenvalue weighted by Gasteiger charge is 2.22. The van der Waals surface area contributed by atoms with Gasteiger partial charge in [0.2, 0.25) is 5.91 Å². The van der Waals surface area contributed by atoms with Crippen LogP contribution in [0, 0.1) is 0 Å². The minimum absolute atomic E-state index is 0.0307. The highest BCUT2D eigenvalue weighted by Crippen LogP contribution is 2.44. The molecule has 0 saturated heterocycles. The number of phosphoric acid groups is 3. The molecule has 0 radical (unpaired) electrons. The van der Waals surface area contributed by atoms with Crippen molar-refractivity contribution in [1.29, 1.82) is 0 Å². The van der Waals surface area contributed by atoms with Gasteiger partial charge in [0.25, 0.3) is 0 Å². The molecule has 0 fully saturated rings. The maximum atomic E-state index is 12.0. The quantitative estimate of drug-likeness (QED) is 0.0432. The number of carbonyl (C=O) groups excluding carboxylic acids is 1. The van der Waals surface area contributed by atoms with Crippen molar-refractivity contribution in [2.24, 2.45) is 0 Å². The number of ether oxygens (including phenoxy) is 15. The molecule has 84 heavy (non-hydrogen) atoms. The van der Waals surface area contributed by atoms with Gasteiger partial charge in [-0.3, -0.25) is 36.5 Å². The number of thioether (sulfide) groups is 1. The van der Waals surface area contributed by atoms with Gasteiger partial charge in [0.05, 0.1) is 244 Å². The molecular formula is C47H99NO31P4S. The molecule has 504 valence electrons. The summed E-state index contributed by atoms with van der Waals surface area (Å²) in [6.07, 6.45) is 5.59. The van der Waals surface area contributed by atoms with Crippen LogP contribution in [0.4, 0.5) is 0 Å². The minimum atomic E-state index is -4.28. The Labute approximate surface area is 499 Å². The van der Waals surface area contributed by atoms with E-state index in [0.717, 1.165) is 31.7 Å². The first kappa shape index (κ1) is 83.7. The fourth-order valence-electron chi connectivity index (χ4n) is 5.65. The van der Waals surface area contributed by atoms with Gasteiger partial charge in [0, 0.05) is 25.4 Å². The van der Waals surface area contributed by atoms with Crippen molar-refractivity contribution in [3.05, 3.63) is 0 Å². The number of carbonyl (C=O) groups is 1. The number of hydrogen-bond acceptors (Lipinski definition) is 28. The van der Waals surface area contributed by atoms with E-state index in [4.69, 9.17) is 103 Å². The van der Waals surface area contributed by atoms with Crippen LogP contribution >= 0.6 is 42.8 Å². The molecule has 37 heteroatoms. The molecule has 0 aromatic heterocycles. The molecule has 0 spiro atoms. The first-order chi connectivity index (χ1) is 40.6. The van der Waals surface area contributed by atoms with Crippen LogP contribution in [0.25, 0.3) is 0 Å². The third-order valence-electron chi connectivity index (χ3n) is 9.61. The summed E-state index contributed by atoms with van der Waals surface area (Å²) >= 11 is 1.63. The minimum Gasteiger partial charge on any atom is -0.377 e. The molecule has 0 saturated carbocycles. The van der Waals surface area contributed by atoms with E-state index in [1.165, 1.54) is 0 Å². The second kappa shape index (κ2) is 61.6. The van der Waals surface area contributed by atoms with Gasteiger partial charge in [-0.2, -0.15) is 11.8 Å². The zero-order valence-corrected chi connectivity index (χ0v) is 53.5. The van der Waals surface area contributed by atoms with Crippen molar-refractivity contribution >= 4 is 48.7 Å². The van der Waals surface area contributed by atoms with Crippen LogP contribution in [-0.4, -0.2) is 295 Å². The topological polar surface area (TPSA) is 381 Å². The third-order valence-corrected chi connectivity index (χ3v) is 13.9. The predicted octanol–water partition coefficient (Wildman–Crippen LogP) is 2.90. The van der Waals surface area contributed by atoms with E-state index in [0.29, 0.717) is 125 Å². The van der Waals surface area contributed by atoms with E-state index >= 15 is 0 Å². The van der Waals surface area contributed by atoms with E-state index < -0.39 is 31.1 Å². The summed E-state index contributed by atoms with van der Waals surface area (Å²) in [5, 5.41) is 2.87. The van der Waals surface area contributed by atoms with Crippen molar-refractivity contribution < 1.29 is 145 Å². The molecule has 0 rings (SSSR count). The van der Waals surface area contributed by atoms with E-state index in [9.17, 15) is 37.7 Å². The van der Waals surface area contributed by atoms with Gasteiger partial charge in [-0.15, -0.1) is 0 Å². The Bertz CT molecular complexity index is 1640. The smallest absolute Gasteiger partial charge is 0.377 e. The van der Waals surface area contributed by atoms with Crippen LogP contribution in [0.1, 0.15) is 32.1 Å². The Morgan fingerprint density at radius 1 is 0.310 bits per heavy atom. The molecule has 1 amide bonds. The summed E-state index contributed by atoms with van der Waals surface area (Å²) < 4.78 is 161. The zero-order valence-electron chi connectivity index (χ0n) is 49.1. The Hall–Kier alpha value is -0.300. The molecule has 0 aliphatic heterocycles. The summed E-state index contributed by atoms with van der Waals surface area (Å²) in [5.41, 5.74) is 0. The number of rotatable bonds is 71. The fourth-order valence-corrected chi connectivity index (χ4v) is 8.56. The maximum absolute atomic E-state index is 12.0. The van der Waals surface area contributed by atoms with Gasteiger partial charge in [-0.25, -0.2) is 13.7 Å². The lowest BCUT2D eigenvalue weighted by Gasteiger charge is -2.13. The van der Waals surface area contributed by atoms with Gasteiger partial charge >= 0.3 is 31.1 Å². The number of amides is 1.